The molecule has 2 N–H and O–H groups in total. The lowest BCUT2D eigenvalue weighted by Crippen LogP contribution is -2.49. The second kappa shape index (κ2) is 8.54. The third kappa shape index (κ3) is 4.69. The number of hydrogen-bond acceptors (Lipinski definition) is 5. The number of carbonyl (C=O) groups excluding carboxylic acids is 1. The molecule has 155 valence electrons. The highest BCUT2D eigenvalue weighted by atomic mass is 16.5. The van der Waals surface area contributed by atoms with E-state index in [9.17, 15) is 9.90 Å². The smallest absolute Gasteiger partial charge is 0.331 e. The van der Waals surface area contributed by atoms with Crippen molar-refractivity contribution in [3.05, 3.63) is 54.5 Å². The number of rotatable bonds is 7. The zero-order valence-electron chi connectivity index (χ0n) is 18.1. The highest BCUT2D eigenvalue weighted by Gasteiger charge is 2.35. The topological polar surface area (TPSA) is 84.3 Å². The number of aromatic nitrogens is 2. The molecule has 0 atom stereocenters. The molecule has 2 heterocycles. The van der Waals surface area contributed by atoms with Crippen LogP contribution in [0.4, 0.5) is 0 Å². The van der Waals surface area contributed by atoms with Crippen LogP contribution >= 0.6 is 0 Å². The molecule has 3 aromatic rings. The molecule has 1 radical (unpaired) electrons. The summed E-state index contributed by atoms with van der Waals surface area (Å²) in [6, 6.07) is 11.4. The molecule has 0 aliphatic carbocycles. The number of nitrogens with zero attached hydrogens (tertiary/aromatic N) is 2. The molecule has 0 fully saturated rings. The SMILES string of the molecule is CCNC(=O)c1ccc(-c2cc3cccc([B]OC(C)(C)C(C)(C)O)c3cn2)cn1. The van der Waals surface area contributed by atoms with Crippen molar-refractivity contribution in [1.82, 2.24) is 15.3 Å². The minimum atomic E-state index is -0.993. The van der Waals surface area contributed by atoms with Crippen molar-refractivity contribution in [1.29, 1.82) is 0 Å². The number of benzene rings is 1. The standard InChI is InChI=1S/C23H27BN3O3/c1-6-25-21(28)19-11-10-16(13-26-19)20-12-15-8-7-9-18(17(15)14-27-20)24-30-23(4,5)22(2,3)29/h7-14,29H,6H2,1-5H3,(H,25,28). The number of carbonyl (C=O) groups is 1. The van der Waals surface area contributed by atoms with Crippen molar-refractivity contribution in [3.8, 4) is 11.3 Å². The van der Waals surface area contributed by atoms with Crippen LogP contribution in [0.1, 0.15) is 45.1 Å². The predicted octanol–water partition coefficient (Wildman–Crippen LogP) is 2.86. The minimum absolute atomic E-state index is 0.190. The van der Waals surface area contributed by atoms with Gasteiger partial charge < -0.3 is 15.1 Å². The third-order valence-electron chi connectivity index (χ3n) is 5.38. The number of amides is 1. The molecular formula is C23H27BN3O3. The zero-order valence-corrected chi connectivity index (χ0v) is 18.1. The summed E-state index contributed by atoms with van der Waals surface area (Å²) < 4.78 is 5.91. The van der Waals surface area contributed by atoms with Gasteiger partial charge in [-0.05, 0) is 69.1 Å². The van der Waals surface area contributed by atoms with Gasteiger partial charge in [-0.15, -0.1) is 0 Å². The van der Waals surface area contributed by atoms with Gasteiger partial charge in [0.1, 0.15) is 5.69 Å². The first-order valence-corrected chi connectivity index (χ1v) is 9.99. The van der Waals surface area contributed by atoms with E-state index >= 15 is 0 Å². The molecule has 0 bridgehead atoms. The van der Waals surface area contributed by atoms with E-state index in [1.807, 2.05) is 51.1 Å². The van der Waals surface area contributed by atoms with Crippen LogP contribution in [0.25, 0.3) is 22.0 Å². The van der Waals surface area contributed by atoms with Crippen molar-refractivity contribution >= 4 is 29.6 Å². The molecule has 3 rings (SSSR count). The molecule has 2 aromatic heterocycles. The van der Waals surface area contributed by atoms with Gasteiger partial charge in [0, 0.05) is 24.5 Å². The summed E-state index contributed by atoms with van der Waals surface area (Å²) in [6.07, 6.45) is 3.46. The quantitative estimate of drug-likeness (QED) is 0.592. The van der Waals surface area contributed by atoms with Crippen LogP contribution in [0, 0.1) is 0 Å². The average Bonchev–Trinajstić information content (AvgIpc) is 2.71. The molecule has 1 aromatic carbocycles. The summed E-state index contributed by atoms with van der Waals surface area (Å²) in [4.78, 5) is 20.7. The van der Waals surface area contributed by atoms with Gasteiger partial charge in [0.25, 0.3) is 5.91 Å². The number of pyridine rings is 2. The Balaban J connectivity index is 1.85. The lowest BCUT2D eigenvalue weighted by molar-refractivity contribution is -0.0893. The van der Waals surface area contributed by atoms with Gasteiger partial charge in [-0.25, -0.2) is 0 Å². The number of fused-ring (bicyclic) bond motifs is 1. The van der Waals surface area contributed by atoms with E-state index in [2.05, 4.69) is 15.3 Å². The maximum absolute atomic E-state index is 11.9. The van der Waals surface area contributed by atoms with Crippen molar-refractivity contribution in [2.24, 2.45) is 0 Å². The fourth-order valence-corrected chi connectivity index (χ4v) is 2.74. The van der Waals surface area contributed by atoms with Crippen LogP contribution in [0.5, 0.6) is 0 Å². The number of nitrogens with one attached hydrogen (secondary N) is 1. The van der Waals surface area contributed by atoms with E-state index in [1.54, 1.807) is 39.8 Å². The van der Waals surface area contributed by atoms with Gasteiger partial charge in [0.15, 0.2) is 0 Å². The fraction of sp³-hybridized carbons (Fsp3) is 0.348. The number of aliphatic hydroxyl groups is 1. The summed E-state index contributed by atoms with van der Waals surface area (Å²) >= 11 is 0. The van der Waals surface area contributed by atoms with Gasteiger partial charge >= 0.3 is 7.48 Å². The fourth-order valence-electron chi connectivity index (χ4n) is 2.74. The predicted molar refractivity (Wildman–Crippen MR) is 120 cm³/mol. The molecule has 0 aliphatic rings. The first kappa shape index (κ1) is 21.9. The lowest BCUT2D eigenvalue weighted by atomic mass is 9.80. The zero-order chi connectivity index (χ0) is 21.9. The largest absolute Gasteiger partial charge is 0.427 e. The molecule has 0 aliphatic heterocycles. The summed E-state index contributed by atoms with van der Waals surface area (Å²) in [5, 5.41) is 15.0. The van der Waals surface area contributed by atoms with Gasteiger partial charge in [0.2, 0.25) is 0 Å². The van der Waals surface area contributed by atoms with E-state index < -0.39 is 11.2 Å². The maximum Gasteiger partial charge on any atom is 0.331 e. The van der Waals surface area contributed by atoms with Crippen LogP contribution in [0.2, 0.25) is 0 Å². The van der Waals surface area contributed by atoms with E-state index in [-0.39, 0.29) is 5.91 Å². The molecule has 7 heteroatoms. The van der Waals surface area contributed by atoms with Crippen molar-refractivity contribution < 1.29 is 14.6 Å². The van der Waals surface area contributed by atoms with E-state index in [0.29, 0.717) is 12.2 Å². The summed E-state index contributed by atoms with van der Waals surface area (Å²) in [5.41, 5.74) is 1.12. The Morgan fingerprint density at radius 2 is 1.90 bits per heavy atom. The molecule has 30 heavy (non-hydrogen) atoms. The molecule has 0 saturated heterocycles. The average molecular weight is 404 g/mol. The van der Waals surface area contributed by atoms with Crippen molar-refractivity contribution in [3.63, 3.8) is 0 Å². The second-order valence-electron chi connectivity index (χ2n) is 8.23. The van der Waals surface area contributed by atoms with Crippen LogP contribution in [-0.4, -0.2) is 46.2 Å². The highest BCUT2D eigenvalue weighted by molar-refractivity contribution is 6.51. The maximum atomic E-state index is 11.9. The Hall–Kier alpha value is -2.77. The first-order chi connectivity index (χ1) is 14.1. The second-order valence-corrected chi connectivity index (χ2v) is 8.23. The third-order valence-corrected chi connectivity index (χ3v) is 5.38. The van der Waals surface area contributed by atoms with Gasteiger partial charge in [-0.1, -0.05) is 18.2 Å². The monoisotopic (exact) mass is 404 g/mol. The van der Waals surface area contributed by atoms with Crippen LogP contribution < -0.4 is 10.8 Å². The van der Waals surface area contributed by atoms with Crippen LogP contribution in [0.3, 0.4) is 0 Å². The molecule has 0 saturated carbocycles. The van der Waals surface area contributed by atoms with E-state index in [0.717, 1.165) is 27.5 Å². The Labute approximate surface area is 178 Å². The van der Waals surface area contributed by atoms with Crippen LogP contribution in [0.15, 0.2) is 48.8 Å². The molecular weight excluding hydrogens is 377 g/mol. The van der Waals surface area contributed by atoms with Crippen molar-refractivity contribution in [2.75, 3.05) is 6.54 Å². The highest BCUT2D eigenvalue weighted by Crippen LogP contribution is 2.25. The van der Waals surface area contributed by atoms with E-state index in [4.69, 9.17) is 4.65 Å². The molecule has 0 unspecified atom stereocenters. The summed E-state index contributed by atoms with van der Waals surface area (Å²) in [6.45, 7) is 9.58. The van der Waals surface area contributed by atoms with Gasteiger partial charge in [-0.2, -0.15) is 0 Å². The summed E-state index contributed by atoms with van der Waals surface area (Å²) in [5.74, 6) is -0.190. The normalized spacial score (nSPS) is 12.1. The van der Waals surface area contributed by atoms with Crippen molar-refractivity contribution in [2.45, 2.75) is 45.8 Å². The Bertz CT molecular complexity index is 1040. The van der Waals surface area contributed by atoms with Gasteiger partial charge in [0.05, 0.1) is 16.9 Å². The van der Waals surface area contributed by atoms with Gasteiger partial charge in [-0.3, -0.25) is 14.8 Å². The Morgan fingerprint density at radius 3 is 2.53 bits per heavy atom. The number of hydrogen-bond donors (Lipinski definition) is 2. The minimum Gasteiger partial charge on any atom is -0.427 e. The molecule has 6 nitrogen and oxygen atoms in total. The Kier molecular flexibility index (Phi) is 6.24. The van der Waals surface area contributed by atoms with E-state index in [1.165, 1.54) is 0 Å². The molecule has 1 amide bonds. The van der Waals surface area contributed by atoms with Crippen LogP contribution in [-0.2, 0) is 4.65 Å². The molecule has 0 spiro atoms. The lowest BCUT2D eigenvalue weighted by Gasteiger charge is -2.37. The first-order valence-electron chi connectivity index (χ1n) is 9.99. The Morgan fingerprint density at radius 1 is 1.13 bits per heavy atom. The summed E-state index contributed by atoms with van der Waals surface area (Å²) in [7, 11) is 1.67.